The molecular formula is C15H14O2. The number of ether oxygens (including phenoxy) is 1. The van der Waals surface area contributed by atoms with Crippen molar-refractivity contribution in [3.8, 4) is 0 Å². The van der Waals surface area contributed by atoms with Crippen LogP contribution in [-0.4, -0.2) is 12.1 Å². The molecule has 0 amide bonds. The predicted octanol–water partition coefficient (Wildman–Crippen LogP) is 2.96. The van der Waals surface area contributed by atoms with Crippen LogP contribution in [-0.2, 0) is 9.53 Å². The molecule has 2 atom stereocenters. The largest absolute Gasteiger partial charge is 0.454 e. The third-order valence-electron chi connectivity index (χ3n) is 3.37. The van der Waals surface area contributed by atoms with E-state index >= 15 is 0 Å². The molecule has 0 N–H and O–H groups in total. The second kappa shape index (κ2) is 4.21. The van der Waals surface area contributed by atoms with Crippen molar-refractivity contribution in [2.75, 3.05) is 0 Å². The number of fused-ring (bicyclic) bond motifs is 1. The number of carbonyl (C=O) groups is 1. The molecule has 1 saturated heterocycles. The molecule has 2 aliphatic rings. The molecule has 0 radical (unpaired) electrons. The molecule has 3 rings (SSSR count). The first-order chi connectivity index (χ1) is 8.34. The summed E-state index contributed by atoms with van der Waals surface area (Å²) in [6.07, 6.45) is 8.07. The Labute approximate surface area is 101 Å². The molecule has 1 aromatic rings. The average Bonchev–Trinajstić information content (AvgIpc) is 2.68. The molecule has 2 nitrogen and oxygen atoms in total. The minimum atomic E-state index is -0.157. The molecule has 0 unspecified atom stereocenters. The quantitative estimate of drug-likeness (QED) is 0.418. The van der Waals surface area contributed by atoms with E-state index in [9.17, 15) is 4.79 Å². The van der Waals surface area contributed by atoms with E-state index in [-0.39, 0.29) is 18.0 Å². The second-order valence-corrected chi connectivity index (χ2v) is 4.49. The Morgan fingerprint density at radius 3 is 2.88 bits per heavy atom. The normalized spacial score (nSPS) is 29.2. The summed E-state index contributed by atoms with van der Waals surface area (Å²) < 4.78 is 5.36. The lowest BCUT2D eigenvalue weighted by Crippen LogP contribution is -2.16. The van der Waals surface area contributed by atoms with Crippen molar-refractivity contribution in [1.82, 2.24) is 0 Å². The van der Waals surface area contributed by atoms with Crippen molar-refractivity contribution in [1.29, 1.82) is 0 Å². The van der Waals surface area contributed by atoms with E-state index in [2.05, 4.69) is 6.08 Å². The van der Waals surface area contributed by atoms with Gasteiger partial charge in [-0.05, 0) is 30.6 Å². The van der Waals surface area contributed by atoms with E-state index in [0.29, 0.717) is 0 Å². The third-order valence-corrected chi connectivity index (χ3v) is 3.37. The number of carbonyl (C=O) groups excluding carboxylic acids is 1. The Hall–Kier alpha value is -1.83. The number of hydrogen-bond acceptors (Lipinski definition) is 2. The highest BCUT2D eigenvalue weighted by Crippen LogP contribution is 2.36. The van der Waals surface area contributed by atoms with Crippen molar-refractivity contribution in [2.24, 2.45) is 5.92 Å². The van der Waals surface area contributed by atoms with Crippen LogP contribution in [0.1, 0.15) is 18.4 Å². The van der Waals surface area contributed by atoms with E-state index in [4.69, 9.17) is 4.74 Å². The molecule has 1 aliphatic carbocycles. The van der Waals surface area contributed by atoms with Gasteiger partial charge in [0.1, 0.15) is 6.10 Å². The molecule has 17 heavy (non-hydrogen) atoms. The van der Waals surface area contributed by atoms with Crippen LogP contribution in [0.4, 0.5) is 0 Å². The van der Waals surface area contributed by atoms with E-state index in [0.717, 1.165) is 24.0 Å². The van der Waals surface area contributed by atoms with Gasteiger partial charge in [-0.3, -0.25) is 0 Å². The van der Waals surface area contributed by atoms with Gasteiger partial charge < -0.3 is 4.74 Å². The molecule has 1 aliphatic heterocycles. The van der Waals surface area contributed by atoms with Crippen LogP contribution in [0.2, 0.25) is 0 Å². The Morgan fingerprint density at radius 2 is 2.06 bits per heavy atom. The first-order valence-electron chi connectivity index (χ1n) is 5.99. The van der Waals surface area contributed by atoms with Gasteiger partial charge in [0.15, 0.2) is 0 Å². The second-order valence-electron chi connectivity index (χ2n) is 4.49. The maximum atomic E-state index is 11.8. The third kappa shape index (κ3) is 1.91. The molecule has 0 aromatic heterocycles. The van der Waals surface area contributed by atoms with Crippen molar-refractivity contribution in [3.05, 3.63) is 53.6 Å². The fraction of sp³-hybridized carbons (Fsp3) is 0.267. The highest BCUT2D eigenvalue weighted by Gasteiger charge is 2.38. The van der Waals surface area contributed by atoms with Gasteiger partial charge in [-0.1, -0.05) is 36.4 Å². The van der Waals surface area contributed by atoms with Crippen LogP contribution in [0.25, 0.3) is 6.08 Å². The number of rotatable bonds is 1. The number of hydrogen-bond donors (Lipinski definition) is 0. The van der Waals surface area contributed by atoms with Gasteiger partial charge in [-0.2, -0.15) is 0 Å². The zero-order chi connectivity index (χ0) is 11.7. The molecule has 0 saturated carbocycles. The molecule has 0 bridgehead atoms. The first kappa shape index (κ1) is 10.3. The zero-order valence-corrected chi connectivity index (χ0v) is 9.50. The minimum Gasteiger partial charge on any atom is -0.454 e. The van der Waals surface area contributed by atoms with Crippen LogP contribution in [0.15, 0.2) is 48.1 Å². The van der Waals surface area contributed by atoms with Crippen molar-refractivity contribution in [3.63, 3.8) is 0 Å². The first-order valence-corrected chi connectivity index (χ1v) is 5.99. The molecule has 1 heterocycles. The molecule has 86 valence electrons. The zero-order valence-electron chi connectivity index (χ0n) is 9.50. The van der Waals surface area contributed by atoms with Crippen LogP contribution in [0, 0.1) is 5.92 Å². The summed E-state index contributed by atoms with van der Waals surface area (Å²) in [5.74, 6) is 0.0862. The number of benzene rings is 1. The topological polar surface area (TPSA) is 26.3 Å². The van der Waals surface area contributed by atoms with Crippen molar-refractivity contribution < 1.29 is 9.53 Å². The molecule has 1 aromatic carbocycles. The van der Waals surface area contributed by atoms with E-state index in [1.165, 1.54) is 0 Å². The smallest absolute Gasteiger partial charge is 0.335 e. The summed E-state index contributed by atoms with van der Waals surface area (Å²) in [7, 11) is 0. The van der Waals surface area contributed by atoms with Crippen molar-refractivity contribution in [2.45, 2.75) is 18.9 Å². The summed E-state index contributed by atoms with van der Waals surface area (Å²) >= 11 is 0. The van der Waals surface area contributed by atoms with Gasteiger partial charge in [0.25, 0.3) is 0 Å². The highest BCUT2D eigenvalue weighted by molar-refractivity contribution is 5.96. The lowest BCUT2D eigenvalue weighted by atomic mass is 9.86. The average molecular weight is 226 g/mol. The molecule has 0 spiro atoms. The Balaban J connectivity index is 1.95. The molecular weight excluding hydrogens is 212 g/mol. The Kier molecular flexibility index (Phi) is 2.56. The van der Waals surface area contributed by atoms with E-state index in [1.807, 2.05) is 42.5 Å². The lowest BCUT2D eigenvalue weighted by Gasteiger charge is -2.17. The fourth-order valence-corrected chi connectivity index (χ4v) is 2.50. The Morgan fingerprint density at radius 1 is 1.24 bits per heavy atom. The van der Waals surface area contributed by atoms with Gasteiger partial charge in [0, 0.05) is 11.5 Å². The predicted molar refractivity (Wildman–Crippen MR) is 66.2 cm³/mol. The number of esters is 1. The van der Waals surface area contributed by atoms with Gasteiger partial charge in [0.05, 0.1) is 0 Å². The summed E-state index contributed by atoms with van der Waals surface area (Å²) in [6.45, 7) is 0. The molecule has 2 heteroatoms. The summed E-state index contributed by atoms with van der Waals surface area (Å²) in [5, 5.41) is 0. The fourth-order valence-electron chi connectivity index (χ4n) is 2.50. The monoisotopic (exact) mass is 226 g/mol. The van der Waals surface area contributed by atoms with Crippen LogP contribution < -0.4 is 0 Å². The van der Waals surface area contributed by atoms with E-state index < -0.39 is 0 Å². The SMILES string of the molecule is O=C1O[C@@H]2C=CCC[C@@H]2/C1=C\c1ccccc1. The van der Waals surface area contributed by atoms with Crippen molar-refractivity contribution >= 4 is 12.0 Å². The minimum absolute atomic E-state index is 0.0359. The lowest BCUT2D eigenvalue weighted by molar-refractivity contribution is -0.137. The van der Waals surface area contributed by atoms with E-state index in [1.54, 1.807) is 0 Å². The van der Waals surface area contributed by atoms with Gasteiger partial charge >= 0.3 is 5.97 Å². The highest BCUT2D eigenvalue weighted by atomic mass is 16.5. The van der Waals surface area contributed by atoms with Crippen LogP contribution in [0.5, 0.6) is 0 Å². The summed E-state index contributed by atoms with van der Waals surface area (Å²) in [6, 6.07) is 9.94. The van der Waals surface area contributed by atoms with Gasteiger partial charge in [-0.25, -0.2) is 4.79 Å². The number of allylic oxidation sites excluding steroid dienone is 1. The van der Waals surface area contributed by atoms with Gasteiger partial charge in [0.2, 0.25) is 0 Å². The Bertz CT molecular complexity index is 485. The van der Waals surface area contributed by atoms with Gasteiger partial charge in [-0.15, -0.1) is 0 Å². The maximum absolute atomic E-state index is 11.8. The maximum Gasteiger partial charge on any atom is 0.335 e. The van der Waals surface area contributed by atoms with Crippen LogP contribution in [0.3, 0.4) is 0 Å². The summed E-state index contributed by atoms with van der Waals surface area (Å²) in [5.41, 5.74) is 1.89. The van der Waals surface area contributed by atoms with Crippen LogP contribution >= 0.6 is 0 Å². The molecule has 1 fully saturated rings. The summed E-state index contributed by atoms with van der Waals surface area (Å²) in [4.78, 5) is 11.8. The standard InChI is InChI=1S/C15H14O2/c16-15-13(10-11-6-2-1-3-7-11)12-8-4-5-9-14(12)17-15/h1-3,5-7,9-10,12,14H,4,8H2/b13-10+/t12-,14-/m1/s1.